The first-order valence-electron chi connectivity index (χ1n) is 5.80. The number of aliphatic carboxylic acids is 2. The zero-order valence-corrected chi connectivity index (χ0v) is 11.1. The molecule has 2 N–H and O–H groups in total. The molecule has 6 heteroatoms. The van der Waals surface area contributed by atoms with Gasteiger partial charge in [-0.1, -0.05) is 13.8 Å². The van der Waals surface area contributed by atoms with E-state index in [9.17, 15) is 14.4 Å². The molecule has 0 radical (unpaired) electrons. The second-order valence-corrected chi connectivity index (χ2v) is 4.59. The van der Waals surface area contributed by atoms with Crippen LogP contribution in [0.1, 0.15) is 40.5 Å². The summed E-state index contributed by atoms with van der Waals surface area (Å²) in [6.07, 6.45) is 0.539. The molecule has 0 aromatic carbocycles. The summed E-state index contributed by atoms with van der Waals surface area (Å²) in [4.78, 5) is 33.1. The van der Waals surface area contributed by atoms with Gasteiger partial charge in [-0.15, -0.1) is 0 Å². The maximum atomic E-state index is 11.2. The quantitative estimate of drug-likeness (QED) is 0.673. The molecule has 0 aliphatic heterocycles. The molecular formula is C12H20O6. The van der Waals surface area contributed by atoms with E-state index in [1.807, 2.05) is 0 Å². The average molecular weight is 260 g/mol. The van der Waals surface area contributed by atoms with Gasteiger partial charge in [-0.25, -0.2) is 4.79 Å². The highest BCUT2D eigenvalue weighted by molar-refractivity contribution is 5.81. The molecule has 0 saturated heterocycles. The minimum atomic E-state index is -1.70. The van der Waals surface area contributed by atoms with Gasteiger partial charge in [0.2, 0.25) is 5.60 Å². The van der Waals surface area contributed by atoms with Gasteiger partial charge >= 0.3 is 17.9 Å². The summed E-state index contributed by atoms with van der Waals surface area (Å²) >= 11 is 0. The Hall–Kier alpha value is -1.59. The fourth-order valence-electron chi connectivity index (χ4n) is 1.75. The molecule has 0 aromatic rings. The molecule has 0 aliphatic rings. The molecule has 104 valence electrons. The van der Waals surface area contributed by atoms with E-state index in [0.717, 1.165) is 6.92 Å². The largest absolute Gasteiger partial charge is 0.481 e. The minimum absolute atomic E-state index is 0.141. The van der Waals surface area contributed by atoms with Crippen LogP contribution >= 0.6 is 0 Å². The van der Waals surface area contributed by atoms with E-state index < -0.39 is 35.3 Å². The molecular weight excluding hydrogens is 240 g/mol. The van der Waals surface area contributed by atoms with Gasteiger partial charge in [0, 0.05) is 12.8 Å². The molecule has 0 spiro atoms. The van der Waals surface area contributed by atoms with Crippen LogP contribution in [0.3, 0.4) is 0 Å². The Morgan fingerprint density at radius 1 is 1.28 bits per heavy atom. The van der Waals surface area contributed by atoms with Gasteiger partial charge in [-0.2, -0.15) is 0 Å². The SMILES string of the molecule is CCC(CC(C)C(C)(OC(C)=O)C(=O)O)C(=O)O. The second kappa shape index (κ2) is 6.37. The molecule has 0 fully saturated rings. The maximum Gasteiger partial charge on any atom is 0.348 e. The van der Waals surface area contributed by atoms with Crippen molar-refractivity contribution in [1.82, 2.24) is 0 Å². The third kappa shape index (κ3) is 4.01. The number of ether oxygens (including phenoxy) is 1. The Balaban J connectivity index is 4.97. The van der Waals surface area contributed by atoms with Crippen LogP contribution in [0.2, 0.25) is 0 Å². The van der Waals surface area contributed by atoms with Gasteiger partial charge in [0.15, 0.2) is 0 Å². The van der Waals surface area contributed by atoms with E-state index in [1.54, 1.807) is 13.8 Å². The maximum absolute atomic E-state index is 11.2. The smallest absolute Gasteiger partial charge is 0.348 e. The summed E-state index contributed by atoms with van der Waals surface area (Å²) in [6.45, 7) is 5.70. The van der Waals surface area contributed by atoms with E-state index in [2.05, 4.69) is 0 Å². The van der Waals surface area contributed by atoms with E-state index in [0.29, 0.717) is 6.42 Å². The van der Waals surface area contributed by atoms with Crippen molar-refractivity contribution < 1.29 is 29.3 Å². The lowest BCUT2D eigenvalue weighted by Crippen LogP contribution is -2.46. The Kier molecular flexibility index (Phi) is 5.81. The van der Waals surface area contributed by atoms with Crippen molar-refractivity contribution in [2.45, 2.75) is 46.1 Å². The van der Waals surface area contributed by atoms with Crippen LogP contribution in [0.25, 0.3) is 0 Å². The first-order chi connectivity index (χ1) is 8.15. The third-order valence-electron chi connectivity index (χ3n) is 3.20. The topological polar surface area (TPSA) is 101 Å². The number of hydrogen-bond donors (Lipinski definition) is 2. The van der Waals surface area contributed by atoms with Crippen LogP contribution in [-0.4, -0.2) is 33.7 Å². The summed E-state index contributed by atoms with van der Waals surface area (Å²) in [5.41, 5.74) is -1.70. The van der Waals surface area contributed by atoms with Crippen molar-refractivity contribution in [2.75, 3.05) is 0 Å². The molecule has 3 unspecified atom stereocenters. The van der Waals surface area contributed by atoms with Crippen LogP contribution in [0.15, 0.2) is 0 Å². The molecule has 0 heterocycles. The number of carbonyl (C=O) groups is 3. The lowest BCUT2D eigenvalue weighted by molar-refractivity contribution is -0.182. The summed E-state index contributed by atoms with van der Waals surface area (Å²) in [6, 6.07) is 0. The first-order valence-corrected chi connectivity index (χ1v) is 5.80. The van der Waals surface area contributed by atoms with Gasteiger partial charge in [0.1, 0.15) is 0 Å². The molecule has 0 aliphatic carbocycles. The monoisotopic (exact) mass is 260 g/mol. The first kappa shape index (κ1) is 16.4. The predicted octanol–water partition coefficient (Wildman–Crippen LogP) is 1.53. The van der Waals surface area contributed by atoms with Gasteiger partial charge in [0.25, 0.3) is 0 Å². The Bertz CT molecular complexity index is 337. The van der Waals surface area contributed by atoms with E-state index in [4.69, 9.17) is 14.9 Å². The Labute approximate surface area is 106 Å². The number of hydrogen-bond acceptors (Lipinski definition) is 4. The summed E-state index contributed by atoms with van der Waals surface area (Å²) in [5, 5.41) is 18.1. The molecule has 0 aromatic heterocycles. The molecule has 3 atom stereocenters. The van der Waals surface area contributed by atoms with E-state index >= 15 is 0 Å². The lowest BCUT2D eigenvalue weighted by Gasteiger charge is -2.32. The third-order valence-corrected chi connectivity index (χ3v) is 3.20. The molecule has 0 amide bonds. The minimum Gasteiger partial charge on any atom is -0.481 e. The standard InChI is InChI=1S/C12H20O6/c1-5-9(10(14)15)6-7(2)12(4,11(16)17)18-8(3)13/h7,9H,5-6H2,1-4H3,(H,14,15)(H,16,17). The zero-order chi connectivity index (χ0) is 14.5. The van der Waals surface area contributed by atoms with Crippen molar-refractivity contribution >= 4 is 17.9 Å². The van der Waals surface area contributed by atoms with Crippen molar-refractivity contribution in [3.8, 4) is 0 Å². The Morgan fingerprint density at radius 3 is 2.06 bits per heavy atom. The number of carbonyl (C=O) groups excluding carboxylic acids is 1. The molecule has 18 heavy (non-hydrogen) atoms. The number of rotatable bonds is 7. The van der Waals surface area contributed by atoms with Crippen molar-refractivity contribution in [2.24, 2.45) is 11.8 Å². The highest BCUT2D eigenvalue weighted by Crippen LogP contribution is 2.29. The van der Waals surface area contributed by atoms with Crippen molar-refractivity contribution in [1.29, 1.82) is 0 Å². The van der Waals surface area contributed by atoms with Crippen LogP contribution < -0.4 is 0 Å². The van der Waals surface area contributed by atoms with Gasteiger partial charge in [0.05, 0.1) is 5.92 Å². The highest BCUT2D eigenvalue weighted by atomic mass is 16.6. The lowest BCUT2D eigenvalue weighted by atomic mass is 9.82. The van der Waals surface area contributed by atoms with Crippen LogP contribution in [-0.2, 0) is 19.1 Å². The predicted molar refractivity (Wildman–Crippen MR) is 63.0 cm³/mol. The van der Waals surface area contributed by atoms with Crippen LogP contribution in [0, 0.1) is 11.8 Å². The van der Waals surface area contributed by atoms with E-state index in [1.165, 1.54) is 6.92 Å². The fourth-order valence-corrected chi connectivity index (χ4v) is 1.75. The molecule has 0 bridgehead atoms. The summed E-state index contributed by atoms with van der Waals surface area (Å²) in [5.74, 6) is -4.19. The van der Waals surface area contributed by atoms with Crippen molar-refractivity contribution in [3.05, 3.63) is 0 Å². The van der Waals surface area contributed by atoms with Crippen LogP contribution in [0.5, 0.6) is 0 Å². The normalized spacial score (nSPS) is 17.3. The van der Waals surface area contributed by atoms with Gasteiger partial charge in [-0.3, -0.25) is 9.59 Å². The van der Waals surface area contributed by atoms with Crippen molar-refractivity contribution in [3.63, 3.8) is 0 Å². The van der Waals surface area contributed by atoms with Crippen LogP contribution in [0.4, 0.5) is 0 Å². The molecule has 0 rings (SSSR count). The van der Waals surface area contributed by atoms with E-state index in [-0.39, 0.29) is 6.42 Å². The van der Waals surface area contributed by atoms with Gasteiger partial charge in [-0.05, 0) is 19.8 Å². The molecule has 0 saturated carbocycles. The average Bonchev–Trinajstić information content (AvgIpc) is 2.23. The fraction of sp³-hybridized carbons (Fsp3) is 0.750. The highest BCUT2D eigenvalue weighted by Gasteiger charge is 2.43. The van der Waals surface area contributed by atoms with Gasteiger partial charge < -0.3 is 14.9 Å². The number of esters is 1. The summed E-state index contributed by atoms with van der Waals surface area (Å²) in [7, 11) is 0. The number of carboxylic acids is 2. The zero-order valence-electron chi connectivity index (χ0n) is 11.1. The second-order valence-electron chi connectivity index (χ2n) is 4.59. The molecule has 6 nitrogen and oxygen atoms in total. The summed E-state index contributed by atoms with van der Waals surface area (Å²) < 4.78 is 4.85. The number of carboxylic acid groups (broad SMARTS) is 2. The Morgan fingerprint density at radius 2 is 1.78 bits per heavy atom.